The summed E-state index contributed by atoms with van der Waals surface area (Å²) in [6, 6.07) is 8.61. The van der Waals surface area contributed by atoms with Gasteiger partial charge in [-0.1, -0.05) is 13.8 Å². The molecular formula is C17H21N3O. The van der Waals surface area contributed by atoms with E-state index in [2.05, 4.69) is 35.2 Å². The van der Waals surface area contributed by atoms with Crippen LogP contribution >= 0.6 is 0 Å². The third-order valence-electron chi connectivity index (χ3n) is 3.50. The first-order valence-electron chi connectivity index (χ1n) is 7.53. The Labute approximate surface area is 125 Å². The summed E-state index contributed by atoms with van der Waals surface area (Å²) in [6.45, 7) is 5.17. The summed E-state index contributed by atoms with van der Waals surface area (Å²) in [5.74, 6) is 1.73. The zero-order valence-electron chi connectivity index (χ0n) is 12.5. The number of nitrogens with one attached hydrogen (secondary N) is 1. The maximum atomic E-state index is 5.83. The molecule has 2 heterocycles. The number of aromatic nitrogens is 2. The van der Waals surface area contributed by atoms with Crippen molar-refractivity contribution in [3.63, 3.8) is 0 Å². The Kier molecular flexibility index (Phi) is 4.15. The highest BCUT2D eigenvalue weighted by atomic mass is 16.5. The lowest BCUT2D eigenvalue weighted by molar-refractivity contribution is 0.456. The van der Waals surface area contributed by atoms with Crippen LogP contribution in [0.5, 0.6) is 11.6 Å². The maximum Gasteiger partial charge on any atom is 0.219 e. The van der Waals surface area contributed by atoms with Crippen molar-refractivity contribution in [3.8, 4) is 11.6 Å². The van der Waals surface area contributed by atoms with Crippen LogP contribution < -0.4 is 10.1 Å². The molecule has 4 heteroatoms. The zero-order valence-corrected chi connectivity index (χ0v) is 12.5. The van der Waals surface area contributed by atoms with E-state index in [1.807, 2.05) is 18.2 Å². The molecule has 0 spiro atoms. The van der Waals surface area contributed by atoms with Gasteiger partial charge in [0.1, 0.15) is 5.75 Å². The molecule has 0 radical (unpaired) electrons. The molecule has 1 N–H and O–H groups in total. The Hall–Kier alpha value is -1.94. The summed E-state index contributed by atoms with van der Waals surface area (Å²) in [7, 11) is 0. The summed E-state index contributed by atoms with van der Waals surface area (Å²) >= 11 is 0. The van der Waals surface area contributed by atoms with Crippen molar-refractivity contribution in [2.75, 3.05) is 0 Å². The molecule has 0 saturated heterocycles. The highest BCUT2D eigenvalue weighted by Gasteiger charge is 2.20. The number of hydrogen-bond acceptors (Lipinski definition) is 4. The molecule has 2 aromatic rings. The van der Waals surface area contributed by atoms with Crippen LogP contribution in [0.3, 0.4) is 0 Å². The number of ether oxygens (including phenoxy) is 1. The molecule has 3 rings (SSSR count). The summed E-state index contributed by atoms with van der Waals surface area (Å²) in [5, 5.41) is 3.53. The Balaban J connectivity index is 1.80. The molecule has 0 atom stereocenters. The summed E-state index contributed by atoms with van der Waals surface area (Å²) < 4.78 is 5.83. The van der Waals surface area contributed by atoms with Gasteiger partial charge in [-0.2, -0.15) is 0 Å². The van der Waals surface area contributed by atoms with E-state index in [1.54, 1.807) is 12.4 Å². The summed E-state index contributed by atoms with van der Waals surface area (Å²) in [4.78, 5) is 8.66. The molecule has 0 unspecified atom stereocenters. The number of rotatable bonds is 6. The molecular weight excluding hydrogens is 262 g/mol. The lowest BCUT2D eigenvalue weighted by atomic mass is 10.1. The highest BCUT2D eigenvalue weighted by molar-refractivity contribution is 5.30. The van der Waals surface area contributed by atoms with Gasteiger partial charge >= 0.3 is 0 Å². The van der Waals surface area contributed by atoms with E-state index >= 15 is 0 Å². The van der Waals surface area contributed by atoms with E-state index in [9.17, 15) is 0 Å². The molecule has 4 nitrogen and oxygen atoms in total. The second-order valence-corrected chi connectivity index (χ2v) is 5.84. The molecule has 110 valence electrons. The van der Waals surface area contributed by atoms with Crippen LogP contribution in [0.2, 0.25) is 0 Å². The largest absolute Gasteiger partial charge is 0.437 e. The average Bonchev–Trinajstić information content (AvgIpc) is 3.30. The van der Waals surface area contributed by atoms with Gasteiger partial charge in [0.2, 0.25) is 5.88 Å². The Morgan fingerprint density at radius 1 is 1.33 bits per heavy atom. The van der Waals surface area contributed by atoms with E-state index in [-0.39, 0.29) is 0 Å². The van der Waals surface area contributed by atoms with Gasteiger partial charge in [-0.25, -0.2) is 4.98 Å². The van der Waals surface area contributed by atoms with E-state index < -0.39 is 0 Å². The van der Waals surface area contributed by atoms with Gasteiger partial charge in [0.05, 0.1) is 6.20 Å². The molecule has 21 heavy (non-hydrogen) atoms. The summed E-state index contributed by atoms with van der Waals surface area (Å²) in [6.07, 6.45) is 6.02. The fourth-order valence-electron chi connectivity index (χ4n) is 2.11. The molecule has 0 bridgehead atoms. The standard InChI is InChI=1S/C17H21N3O/c1-12(2)16-8-13(10-19-14-5-6-14)9-17(20-16)21-15-4-3-7-18-11-15/h3-4,7-9,11-12,14,19H,5-6,10H2,1-2H3. The second kappa shape index (κ2) is 6.22. The van der Waals surface area contributed by atoms with Crippen LogP contribution in [-0.2, 0) is 6.54 Å². The van der Waals surface area contributed by atoms with Crippen molar-refractivity contribution in [2.24, 2.45) is 0 Å². The first kappa shape index (κ1) is 14.0. The molecule has 1 aliphatic carbocycles. The second-order valence-electron chi connectivity index (χ2n) is 5.84. The van der Waals surface area contributed by atoms with Crippen LogP contribution in [0.25, 0.3) is 0 Å². The van der Waals surface area contributed by atoms with E-state index in [4.69, 9.17) is 4.74 Å². The summed E-state index contributed by atoms with van der Waals surface area (Å²) in [5.41, 5.74) is 2.28. The predicted octanol–water partition coefficient (Wildman–Crippen LogP) is 3.64. The van der Waals surface area contributed by atoms with Gasteiger partial charge < -0.3 is 10.1 Å². The highest BCUT2D eigenvalue weighted by Crippen LogP contribution is 2.24. The van der Waals surface area contributed by atoms with Gasteiger partial charge in [-0.3, -0.25) is 4.98 Å². The minimum Gasteiger partial charge on any atom is -0.437 e. The smallest absolute Gasteiger partial charge is 0.219 e. The SMILES string of the molecule is CC(C)c1cc(CNC2CC2)cc(Oc2cccnc2)n1. The van der Waals surface area contributed by atoms with Crippen LogP contribution in [0.4, 0.5) is 0 Å². The Morgan fingerprint density at radius 2 is 2.19 bits per heavy atom. The van der Waals surface area contributed by atoms with Crippen molar-refractivity contribution < 1.29 is 4.74 Å². The number of nitrogens with zero attached hydrogens (tertiary/aromatic N) is 2. The van der Waals surface area contributed by atoms with E-state index in [1.165, 1.54) is 18.4 Å². The molecule has 1 aliphatic rings. The lowest BCUT2D eigenvalue weighted by Crippen LogP contribution is -2.15. The van der Waals surface area contributed by atoms with Crippen LogP contribution in [0.15, 0.2) is 36.7 Å². The normalized spacial score (nSPS) is 14.4. The predicted molar refractivity (Wildman–Crippen MR) is 82.5 cm³/mol. The number of hydrogen-bond donors (Lipinski definition) is 1. The average molecular weight is 283 g/mol. The molecule has 0 amide bonds. The third kappa shape index (κ3) is 4.02. The number of pyridine rings is 2. The van der Waals surface area contributed by atoms with E-state index in [0.29, 0.717) is 23.6 Å². The molecule has 0 aliphatic heterocycles. The van der Waals surface area contributed by atoms with Crippen molar-refractivity contribution in [3.05, 3.63) is 47.9 Å². The van der Waals surface area contributed by atoms with Gasteiger partial charge in [-0.15, -0.1) is 0 Å². The Bertz CT molecular complexity index is 594. The molecule has 0 aromatic carbocycles. The third-order valence-corrected chi connectivity index (χ3v) is 3.50. The minimum atomic E-state index is 0.377. The Morgan fingerprint density at radius 3 is 2.86 bits per heavy atom. The van der Waals surface area contributed by atoms with E-state index in [0.717, 1.165) is 12.2 Å². The first-order valence-corrected chi connectivity index (χ1v) is 7.53. The van der Waals surface area contributed by atoms with Gasteiger partial charge in [0.15, 0.2) is 0 Å². The van der Waals surface area contributed by atoms with Crippen molar-refractivity contribution >= 4 is 0 Å². The van der Waals surface area contributed by atoms with Crippen molar-refractivity contribution in [1.82, 2.24) is 15.3 Å². The molecule has 1 saturated carbocycles. The first-order chi connectivity index (χ1) is 10.2. The topological polar surface area (TPSA) is 47.0 Å². The van der Waals surface area contributed by atoms with Gasteiger partial charge in [0, 0.05) is 30.5 Å². The lowest BCUT2D eigenvalue weighted by Gasteiger charge is -2.12. The van der Waals surface area contributed by atoms with Gasteiger partial charge in [-0.05, 0) is 42.5 Å². The monoisotopic (exact) mass is 283 g/mol. The van der Waals surface area contributed by atoms with Crippen LogP contribution in [0, 0.1) is 0 Å². The zero-order chi connectivity index (χ0) is 14.7. The molecule has 2 aromatic heterocycles. The van der Waals surface area contributed by atoms with Crippen LogP contribution in [0.1, 0.15) is 43.9 Å². The van der Waals surface area contributed by atoms with Gasteiger partial charge in [0.25, 0.3) is 0 Å². The maximum absolute atomic E-state index is 5.83. The quantitative estimate of drug-likeness (QED) is 0.879. The fourth-order valence-corrected chi connectivity index (χ4v) is 2.11. The fraction of sp³-hybridized carbons (Fsp3) is 0.412. The van der Waals surface area contributed by atoms with Crippen molar-refractivity contribution in [1.29, 1.82) is 0 Å². The minimum absolute atomic E-state index is 0.377. The van der Waals surface area contributed by atoms with Crippen molar-refractivity contribution in [2.45, 2.75) is 45.2 Å². The van der Waals surface area contributed by atoms with Crippen LogP contribution in [-0.4, -0.2) is 16.0 Å². The molecule has 1 fully saturated rings.